The molecule has 2 aromatic rings. The zero-order valence-corrected chi connectivity index (χ0v) is 13.1. The Kier molecular flexibility index (Phi) is 4.95. The predicted octanol–water partition coefficient (Wildman–Crippen LogP) is 5.00. The van der Waals surface area contributed by atoms with E-state index in [-0.39, 0.29) is 0 Å². The maximum Gasteiger partial charge on any atom is 0.0601 e. The Morgan fingerprint density at radius 1 is 0.857 bits per heavy atom. The van der Waals surface area contributed by atoms with E-state index in [1.165, 1.54) is 49.0 Å². The van der Waals surface area contributed by atoms with Crippen molar-refractivity contribution in [2.75, 3.05) is 13.1 Å². The van der Waals surface area contributed by atoms with Crippen molar-refractivity contribution in [1.29, 1.82) is 0 Å². The van der Waals surface area contributed by atoms with Gasteiger partial charge in [-0.1, -0.05) is 61.0 Å². The van der Waals surface area contributed by atoms with Gasteiger partial charge in [0.25, 0.3) is 0 Å². The molecule has 2 aromatic carbocycles. The minimum Gasteiger partial charge on any atom is -0.292 e. The van der Waals surface area contributed by atoms with Gasteiger partial charge < -0.3 is 0 Å². The highest BCUT2D eigenvalue weighted by atomic mass is 35.5. The Balaban J connectivity index is 1.98. The molecule has 21 heavy (non-hydrogen) atoms. The smallest absolute Gasteiger partial charge is 0.0601 e. The van der Waals surface area contributed by atoms with Crippen LogP contribution in [0.15, 0.2) is 54.6 Å². The summed E-state index contributed by atoms with van der Waals surface area (Å²) in [4.78, 5) is 2.62. The first kappa shape index (κ1) is 14.6. The minimum absolute atomic E-state index is 0.356. The number of piperidine rings is 1. The lowest BCUT2D eigenvalue weighted by atomic mass is 9.94. The monoisotopic (exact) mass is 299 g/mol. The van der Waals surface area contributed by atoms with Crippen LogP contribution >= 0.6 is 11.6 Å². The number of halogens is 1. The zero-order chi connectivity index (χ0) is 14.5. The number of rotatable bonds is 4. The van der Waals surface area contributed by atoms with Gasteiger partial charge in [-0.3, -0.25) is 4.90 Å². The fourth-order valence-electron chi connectivity index (χ4n) is 3.27. The summed E-state index contributed by atoms with van der Waals surface area (Å²) in [6.07, 6.45) is 3.97. The maximum absolute atomic E-state index is 6.02. The van der Waals surface area contributed by atoms with Gasteiger partial charge in [0.15, 0.2) is 0 Å². The molecule has 0 N–H and O–H groups in total. The van der Waals surface area contributed by atoms with Crippen LogP contribution in [0, 0.1) is 0 Å². The lowest BCUT2D eigenvalue weighted by Crippen LogP contribution is -2.34. The molecule has 1 atom stereocenters. The lowest BCUT2D eigenvalue weighted by molar-refractivity contribution is 0.187. The predicted molar refractivity (Wildman–Crippen MR) is 89.7 cm³/mol. The number of likely N-dealkylation sites (tertiary alicyclic amines) is 1. The van der Waals surface area contributed by atoms with Gasteiger partial charge in [0.2, 0.25) is 0 Å². The number of nitrogens with zero attached hydrogens (tertiary/aromatic N) is 1. The summed E-state index contributed by atoms with van der Waals surface area (Å²) >= 11 is 6.02. The van der Waals surface area contributed by atoms with Gasteiger partial charge in [-0.05, 0) is 42.6 Å². The van der Waals surface area contributed by atoms with Crippen molar-refractivity contribution < 1.29 is 0 Å². The summed E-state index contributed by atoms with van der Waals surface area (Å²) in [5.74, 6) is 0.579. The van der Waals surface area contributed by atoms with Crippen molar-refractivity contribution in [3.05, 3.63) is 71.3 Å². The van der Waals surface area contributed by atoms with E-state index in [4.69, 9.17) is 11.6 Å². The molecule has 1 aliphatic heterocycles. The van der Waals surface area contributed by atoms with Crippen molar-refractivity contribution >= 4 is 11.6 Å². The molecule has 1 nitrogen and oxygen atoms in total. The fourth-order valence-corrected chi connectivity index (χ4v) is 3.44. The third-order valence-corrected chi connectivity index (χ3v) is 4.60. The molecule has 0 radical (unpaired) electrons. The molecule has 1 heterocycles. The third-order valence-electron chi connectivity index (χ3n) is 4.29. The third kappa shape index (κ3) is 3.48. The second-order valence-corrected chi connectivity index (χ2v) is 6.06. The van der Waals surface area contributed by atoms with Crippen LogP contribution < -0.4 is 0 Å². The van der Waals surface area contributed by atoms with E-state index in [2.05, 4.69) is 59.5 Å². The van der Waals surface area contributed by atoms with Gasteiger partial charge in [0.1, 0.15) is 0 Å². The molecule has 0 aliphatic carbocycles. The minimum atomic E-state index is 0.356. The van der Waals surface area contributed by atoms with Crippen LogP contribution in [0.4, 0.5) is 0 Å². The van der Waals surface area contributed by atoms with Crippen molar-refractivity contribution in [1.82, 2.24) is 4.90 Å². The first-order chi connectivity index (χ1) is 10.4. The van der Waals surface area contributed by atoms with Gasteiger partial charge in [0.05, 0.1) is 6.04 Å². The van der Waals surface area contributed by atoms with Crippen molar-refractivity contribution in [2.24, 2.45) is 0 Å². The van der Waals surface area contributed by atoms with Crippen LogP contribution in [0.25, 0.3) is 0 Å². The summed E-state index contributed by atoms with van der Waals surface area (Å²) in [5.41, 5.74) is 3.94. The van der Waals surface area contributed by atoms with Gasteiger partial charge >= 0.3 is 0 Å². The van der Waals surface area contributed by atoms with Crippen LogP contribution in [0.3, 0.4) is 0 Å². The molecule has 0 saturated carbocycles. The Bertz CT molecular complexity index is 561. The molecular weight excluding hydrogens is 278 g/mol. The summed E-state index contributed by atoms with van der Waals surface area (Å²) < 4.78 is 0. The molecule has 2 heteroatoms. The van der Waals surface area contributed by atoms with E-state index < -0.39 is 0 Å². The van der Waals surface area contributed by atoms with Crippen molar-refractivity contribution in [3.63, 3.8) is 0 Å². The average molecular weight is 300 g/mol. The van der Waals surface area contributed by atoms with E-state index in [9.17, 15) is 0 Å². The molecule has 3 rings (SSSR count). The highest BCUT2D eigenvalue weighted by Gasteiger charge is 2.23. The van der Waals surface area contributed by atoms with Gasteiger partial charge in [0, 0.05) is 5.88 Å². The zero-order valence-electron chi connectivity index (χ0n) is 12.3. The quantitative estimate of drug-likeness (QED) is 0.718. The largest absolute Gasteiger partial charge is 0.292 e. The highest BCUT2D eigenvalue weighted by Crippen LogP contribution is 2.31. The molecule has 1 aliphatic rings. The van der Waals surface area contributed by atoms with Crippen LogP contribution in [0.2, 0.25) is 0 Å². The SMILES string of the molecule is ClCc1cccc(C(c2ccccc2)N2CCCCC2)c1. The van der Waals surface area contributed by atoms with E-state index in [1.54, 1.807) is 0 Å². The maximum atomic E-state index is 6.02. The van der Waals surface area contributed by atoms with Crippen LogP contribution in [-0.4, -0.2) is 18.0 Å². The van der Waals surface area contributed by atoms with Crippen molar-refractivity contribution in [3.8, 4) is 0 Å². The summed E-state index contributed by atoms with van der Waals surface area (Å²) in [6, 6.07) is 19.9. The molecule has 0 aromatic heterocycles. The molecule has 0 amide bonds. The van der Waals surface area contributed by atoms with Gasteiger partial charge in [-0.15, -0.1) is 11.6 Å². The second-order valence-electron chi connectivity index (χ2n) is 5.79. The first-order valence-electron chi connectivity index (χ1n) is 7.82. The van der Waals surface area contributed by atoms with Gasteiger partial charge in [-0.25, -0.2) is 0 Å². The van der Waals surface area contributed by atoms with Crippen molar-refractivity contribution in [2.45, 2.75) is 31.2 Å². The Hall–Kier alpha value is -1.31. The molecule has 0 spiro atoms. The molecule has 1 unspecified atom stereocenters. The topological polar surface area (TPSA) is 3.24 Å². The van der Waals surface area contributed by atoms with E-state index in [0.29, 0.717) is 11.9 Å². The van der Waals surface area contributed by atoms with Gasteiger partial charge in [-0.2, -0.15) is 0 Å². The summed E-state index contributed by atoms with van der Waals surface area (Å²) in [6.45, 7) is 2.37. The summed E-state index contributed by atoms with van der Waals surface area (Å²) in [7, 11) is 0. The second kappa shape index (κ2) is 7.11. The normalized spacial score (nSPS) is 17.6. The molecule has 1 saturated heterocycles. The molecule has 110 valence electrons. The molecule has 1 fully saturated rings. The van der Waals surface area contributed by atoms with Crippen LogP contribution in [0.5, 0.6) is 0 Å². The summed E-state index contributed by atoms with van der Waals surface area (Å²) in [5, 5.41) is 0. The number of benzene rings is 2. The number of alkyl halides is 1. The van der Waals surface area contributed by atoms with E-state index in [0.717, 1.165) is 0 Å². The number of hydrogen-bond donors (Lipinski definition) is 0. The number of hydrogen-bond acceptors (Lipinski definition) is 1. The highest BCUT2D eigenvalue weighted by molar-refractivity contribution is 6.17. The van der Waals surface area contributed by atoms with E-state index in [1.807, 2.05) is 0 Å². The van der Waals surface area contributed by atoms with Crippen LogP contribution in [-0.2, 0) is 5.88 Å². The van der Waals surface area contributed by atoms with Crippen LogP contribution in [0.1, 0.15) is 42.0 Å². The first-order valence-corrected chi connectivity index (χ1v) is 8.36. The van der Waals surface area contributed by atoms with E-state index >= 15 is 0 Å². The molecular formula is C19H22ClN. The average Bonchev–Trinajstić information content (AvgIpc) is 2.57. The fraction of sp³-hybridized carbons (Fsp3) is 0.368. The Labute approximate surface area is 132 Å². The standard InChI is InChI=1S/C19H22ClN/c20-15-16-8-7-11-18(14-16)19(17-9-3-1-4-10-17)21-12-5-2-6-13-21/h1,3-4,7-11,14,19H,2,5-6,12-13,15H2. The lowest BCUT2D eigenvalue weighted by Gasteiger charge is -2.35. The Morgan fingerprint density at radius 2 is 1.57 bits per heavy atom. The Morgan fingerprint density at radius 3 is 2.29 bits per heavy atom. The molecule has 0 bridgehead atoms.